The first-order valence-corrected chi connectivity index (χ1v) is 7.85. The van der Waals surface area contributed by atoms with E-state index in [4.69, 9.17) is 0 Å². The monoisotopic (exact) mass is 382 g/mol. The molecule has 0 radical (unpaired) electrons. The fourth-order valence-corrected chi connectivity index (χ4v) is 2.94. The van der Waals surface area contributed by atoms with E-state index in [-0.39, 0.29) is 19.8 Å². The average Bonchev–Trinajstić information content (AvgIpc) is 3.32. The van der Waals surface area contributed by atoms with E-state index >= 15 is 0 Å². The predicted molar refractivity (Wildman–Crippen MR) is 109 cm³/mol. The molecule has 5 heteroatoms. The van der Waals surface area contributed by atoms with Crippen molar-refractivity contribution in [2.45, 2.75) is 0 Å². The van der Waals surface area contributed by atoms with E-state index in [0.717, 1.165) is 44.8 Å². The van der Waals surface area contributed by atoms with E-state index in [1.165, 1.54) is 0 Å². The van der Waals surface area contributed by atoms with Crippen LogP contribution in [0.3, 0.4) is 0 Å². The molecule has 0 amide bonds. The molecule has 3 aromatic heterocycles. The molecular formula is C20H17GaN4. The van der Waals surface area contributed by atoms with Gasteiger partial charge in [0.1, 0.15) is 0 Å². The van der Waals surface area contributed by atoms with Gasteiger partial charge >= 0.3 is 19.8 Å². The van der Waals surface area contributed by atoms with Crippen molar-refractivity contribution in [3.8, 4) is 0 Å². The molecule has 5 rings (SSSR count). The Labute approximate surface area is 157 Å². The predicted octanol–water partition coefficient (Wildman–Crippen LogP) is 3.47. The molecule has 0 unspecified atom stereocenters. The van der Waals surface area contributed by atoms with Gasteiger partial charge in [-0.2, -0.15) is 0 Å². The van der Waals surface area contributed by atoms with Crippen molar-refractivity contribution in [1.29, 1.82) is 0 Å². The van der Waals surface area contributed by atoms with E-state index in [1.54, 1.807) is 0 Å². The van der Waals surface area contributed by atoms with Crippen LogP contribution < -0.4 is 0 Å². The Morgan fingerprint density at radius 1 is 0.480 bits per heavy atom. The second-order valence-electron chi connectivity index (χ2n) is 5.91. The number of nitrogens with zero attached hydrogens (tertiary/aromatic N) is 2. The maximum absolute atomic E-state index is 4.63. The summed E-state index contributed by atoms with van der Waals surface area (Å²) in [6.07, 6.45) is 8.09. The summed E-state index contributed by atoms with van der Waals surface area (Å²) in [7, 11) is 0. The van der Waals surface area contributed by atoms with E-state index < -0.39 is 0 Å². The van der Waals surface area contributed by atoms with Crippen molar-refractivity contribution in [1.82, 2.24) is 19.9 Å². The zero-order valence-corrected chi connectivity index (χ0v) is 12.8. The zero-order valence-electron chi connectivity index (χ0n) is 12.8. The van der Waals surface area contributed by atoms with Crippen LogP contribution in [0.5, 0.6) is 0 Å². The van der Waals surface area contributed by atoms with Gasteiger partial charge < -0.3 is 9.97 Å². The fraction of sp³-hybridized carbons (Fsp3) is 0. The first-order valence-electron chi connectivity index (χ1n) is 7.85. The minimum atomic E-state index is 0. The summed E-state index contributed by atoms with van der Waals surface area (Å²) in [5, 5.41) is 0. The van der Waals surface area contributed by atoms with Gasteiger partial charge in [-0.15, -0.1) is 0 Å². The first-order chi connectivity index (χ1) is 11.8. The number of hydrogen-bond acceptors (Lipinski definition) is 2. The number of aromatic nitrogens is 4. The standard InChI is InChI=1S/C20H14N4.Ga.3H/c1-2-14-10-16-5-6-18(23-16)12-20-8-7-19(24-20)11-17-4-3-15(22-17)9-13(1)21-14;;;;/h1-12,21,24H;;;;. The molecule has 0 fully saturated rings. The SMILES string of the molecule is C1=Cc2cc3ccc(cc4nc(cc5ccc(cc1n2)[nH]5)C=C4)[nH]3.[GaH3]. The molecule has 2 aliphatic heterocycles. The van der Waals surface area contributed by atoms with Gasteiger partial charge in [-0.05, 0) is 72.8 Å². The Balaban J connectivity index is 0.00000157. The van der Waals surface area contributed by atoms with Crippen molar-refractivity contribution in [2.24, 2.45) is 0 Å². The molecule has 0 saturated carbocycles. The molecule has 8 bridgehead atoms. The van der Waals surface area contributed by atoms with Gasteiger partial charge in [0, 0.05) is 22.1 Å². The molecule has 0 aromatic carbocycles. The minimum absolute atomic E-state index is 0. The van der Waals surface area contributed by atoms with Crippen molar-refractivity contribution < 1.29 is 0 Å². The number of aromatic amines is 2. The summed E-state index contributed by atoms with van der Waals surface area (Å²) in [4.78, 5) is 16.0. The summed E-state index contributed by atoms with van der Waals surface area (Å²) in [6, 6.07) is 16.4. The van der Waals surface area contributed by atoms with Crippen LogP contribution in [0.25, 0.3) is 46.4 Å². The summed E-state index contributed by atoms with van der Waals surface area (Å²) < 4.78 is 0. The van der Waals surface area contributed by atoms with Gasteiger partial charge in [0.05, 0.1) is 22.8 Å². The molecule has 2 N–H and O–H groups in total. The third kappa shape index (κ3) is 3.24. The van der Waals surface area contributed by atoms with Crippen molar-refractivity contribution in [2.75, 3.05) is 0 Å². The van der Waals surface area contributed by atoms with Gasteiger partial charge in [0.2, 0.25) is 0 Å². The van der Waals surface area contributed by atoms with Crippen LogP contribution in [0.2, 0.25) is 0 Å². The van der Waals surface area contributed by atoms with E-state index in [1.807, 2.05) is 48.6 Å². The summed E-state index contributed by atoms with van der Waals surface area (Å²) in [5.74, 6) is 0. The van der Waals surface area contributed by atoms with Crippen LogP contribution in [-0.4, -0.2) is 39.7 Å². The van der Waals surface area contributed by atoms with Crippen molar-refractivity contribution in [3.05, 3.63) is 71.3 Å². The van der Waals surface area contributed by atoms with Crippen molar-refractivity contribution >= 4 is 66.2 Å². The van der Waals surface area contributed by atoms with Crippen LogP contribution in [-0.2, 0) is 0 Å². The van der Waals surface area contributed by atoms with Gasteiger partial charge in [0.25, 0.3) is 0 Å². The molecule has 25 heavy (non-hydrogen) atoms. The molecule has 0 saturated heterocycles. The van der Waals surface area contributed by atoms with Gasteiger partial charge in [0.15, 0.2) is 0 Å². The molecule has 4 nitrogen and oxygen atoms in total. The third-order valence-corrected chi connectivity index (χ3v) is 4.04. The molecule has 3 aromatic rings. The topological polar surface area (TPSA) is 57.4 Å². The molecule has 0 spiro atoms. The summed E-state index contributed by atoms with van der Waals surface area (Å²) in [5.41, 5.74) is 7.86. The van der Waals surface area contributed by atoms with E-state index in [0.29, 0.717) is 0 Å². The number of nitrogens with one attached hydrogen (secondary N) is 2. The molecule has 120 valence electrons. The van der Waals surface area contributed by atoms with Crippen molar-refractivity contribution in [3.63, 3.8) is 0 Å². The quantitative estimate of drug-likeness (QED) is 0.403. The number of rotatable bonds is 0. The molecule has 5 heterocycles. The number of hydrogen-bond donors (Lipinski definition) is 2. The van der Waals surface area contributed by atoms with E-state index in [9.17, 15) is 0 Å². The van der Waals surface area contributed by atoms with Crippen LogP contribution in [0, 0.1) is 0 Å². The Kier molecular flexibility index (Phi) is 3.95. The molecular weight excluding hydrogens is 366 g/mol. The number of H-pyrrole nitrogens is 2. The van der Waals surface area contributed by atoms with Crippen LogP contribution in [0.15, 0.2) is 48.5 Å². The van der Waals surface area contributed by atoms with Gasteiger partial charge in [-0.25, -0.2) is 9.97 Å². The number of fused-ring (bicyclic) bond motifs is 8. The molecule has 2 aliphatic rings. The van der Waals surface area contributed by atoms with Crippen LogP contribution in [0.4, 0.5) is 0 Å². The molecule has 0 atom stereocenters. The fourth-order valence-electron chi connectivity index (χ4n) is 2.94. The maximum atomic E-state index is 4.63. The molecule has 0 aliphatic carbocycles. The Hall–Kier alpha value is -2.76. The first kappa shape index (κ1) is 15.7. The Morgan fingerprint density at radius 3 is 1.04 bits per heavy atom. The van der Waals surface area contributed by atoms with Crippen LogP contribution in [0.1, 0.15) is 22.8 Å². The van der Waals surface area contributed by atoms with E-state index in [2.05, 4.69) is 44.2 Å². The second kappa shape index (κ2) is 6.27. The third-order valence-electron chi connectivity index (χ3n) is 4.04. The summed E-state index contributed by atoms with van der Waals surface area (Å²) in [6.45, 7) is 0. The van der Waals surface area contributed by atoms with Crippen LogP contribution >= 0.6 is 0 Å². The summed E-state index contributed by atoms with van der Waals surface area (Å²) >= 11 is 0. The van der Waals surface area contributed by atoms with Gasteiger partial charge in [-0.1, -0.05) is 0 Å². The Bertz CT molecular complexity index is 990. The Morgan fingerprint density at radius 2 is 0.760 bits per heavy atom. The second-order valence-corrected chi connectivity index (χ2v) is 5.91. The average molecular weight is 383 g/mol. The van der Waals surface area contributed by atoms with Gasteiger partial charge in [-0.3, -0.25) is 0 Å². The normalized spacial score (nSPS) is 12.2. The zero-order chi connectivity index (χ0) is 15.9.